The summed E-state index contributed by atoms with van der Waals surface area (Å²) < 4.78 is 5.72. The molecule has 3 rings (SSSR count). The summed E-state index contributed by atoms with van der Waals surface area (Å²) in [6.07, 6.45) is 4.21. The second kappa shape index (κ2) is 9.33. The highest BCUT2D eigenvalue weighted by atomic mass is 32.1. The van der Waals surface area contributed by atoms with Crippen molar-refractivity contribution in [1.82, 2.24) is 4.98 Å². The van der Waals surface area contributed by atoms with Crippen LogP contribution in [0.1, 0.15) is 29.3 Å². The SMILES string of the molecule is CCCOc1ccccc1C=CC(=O)Nc1nc(-c2ccc(C)cc2)c(C)s1. The molecule has 0 aliphatic carbocycles. The normalized spacial score (nSPS) is 11.0. The van der Waals surface area contributed by atoms with E-state index in [1.807, 2.05) is 31.2 Å². The first-order chi connectivity index (χ1) is 13.6. The fourth-order valence-electron chi connectivity index (χ4n) is 2.70. The van der Waals surface area contributed by atoms with Crippen molar-refractivity contribution >= 4 is 28.5 Å². The number of benzene rings is 2. The van der Waals surface area contributed by atoms with Gasteiger partial charge in [-0.3, -0.25) is 10.1 Å². The average molecular weight is 393 g/mol. The monoisotopic (exact) mass is 392 g/mol. The quantitative estimate of drug-likeness (QED) is 0.512. The first kappa shape index (κ1) is 19.8. The lowest BCUT2D eigenvalue weighted by Crippen LogP contribution is -2.07. The fraction of sp³-hybridized carbons (Fsp3) is 0.217. The van der Waals surface area contributed by atoms with Crippen molar-refractivity contribution in [2.75, 3.05) is 11.9 Å². The fourth-order valence-corrected chi connectivity index (χ4v) is 3.54. The van der Waals surface area contributed by atoms with Crippen LogP contribution in [0.15, 0.2) is 54.6 Å². The molecule has 0 unspecified atom stereocenters. The van der Waals surface area contributed by atoms with E-state index in [4.69, 9.17) is 4.74 Å². The van der Waals surface area contributed by atoms with Gasteiger partial charge in [0.25, 0.3) is 0 Å². The van der Waals surface area contributed by atoms with E-state index in [9.17, 15) is 4.79 Å². The number of anilines is 1. The lowest BCUT2D eigenvalue weighted by Gasteiger charge is -2.07. The second-order valence-electron chi connectivity index (χ2n) is 6.50. The summed E-state index contributed by atoms with van der Waals surface area (Å²) in [6, 6.07) is 15.9. The van der Waals surface area contributed by atoms with E-state index in [2.05, 4.69) is 48.4 Å². The van der Waals surface area contributed by atoms with Crippen LogP contribution >= 0.6 is 11.3 Å². The number of carbonyl (C=O) groups excluding carboxylic acids is 1. The molecule has 0 spiro atoms. The van der Waals surface area contributed by atoms with E-state index < -0.39 is 0 Å². The molecule has 1 heterocycles. The Bertz CT molecular complexity index is 975. The lowest BCUT2D eigenvalue weighted by atomic mass is 10.1. The van der Waals surface area contributed by atoms with E-state index in [0.29, 0.717) is 11.7 Å². The van der Waals surface area contributed by atoms with E-state index in [1.165, 1.54) is 23.0 Å². The number of carbonyl (C=O) groups is 1. The summed E-state index contributed by atoms with van der Waals surface area (Å²) in [5.74, 6) is 0.564. The van der Waals surface area contributed by atoms with Crippen LogP contribution in [0.2, 0.25) is 0 Å². The molecule has 0 radical (unpaired) electrons. The highest BCUT2D eigenvalue weighted by Crippen LogP contribution is 2.30. The van der Waals surface area contributed by atoms with Crippen LogP contribution in [0.3, 0.4) is 0 Å². The molecule has 0 atom stereocenters. The van der Waals surface area contributed by atoms with E-state index in [0.717, 1.165) is 33.9 Å². The standard InChI is InChI=1S/C23H24N2O2S/c1-4-15-27-20-8-6-5-7-18(20)13-14-21(26)24-23-25-22(17(3)28-23)19-11-9-16(2)10-12-19/h5-14H,4,15H2,1-3H3,(H,24,25,26). The number of aromatic nitrogens is 1. The van der Waals surface area contributed by atoms with Crippen LogP contribution in [0.4, 0.5) is 5.13 Å². The Morgan fingerprint density at radius 1 is 1.14 bits per heavy atom. The second-order valence-corrected chi connectivity index (χ2v) is 7.70. The summed E-state index contributed by atoms with van der Waals surface area (Å²) in [6.45, 7) is 6.78. The number of hydrogen-bond donors (Lipinski definition) is 1. The Hall–Kier alpha value is -2.92. The smallest absolute Gasteiger partial charge is 0.250 e. The summed E-state index contributed by atoms with van der Waals surface area (Å²) in [7, 11) is 0. The molecule has 28 heavy (non-hydrogen) atoms. The number of thiazole rings is 1. The molecule has 0 aliphatic rings. The molecule has 1 N–H and O–H groups in total. The lowest BCUT2D eigenvalue weighted by molar-refractivity contribution is -0.111. The molecule has 4 nitrogen and oxygen atoms in total. The Kier molecular flexibility index (Phi) is 6.61. The zero-order valence-corrected chi connectivity index (χ0v) is 17.2. The van der Waals surface area contributed by atoms with Crippen molar-refractivity contribution in [3.63, 3.8) is 0 Å². The molecule has 144 valence electrons. The van der Waals surface area contributed by atoms with Crippen molar-refractivity contribution in [3.8, 4) is 17.0 Å². The molecule has 0 fully saturated rings. The van der Waals surface area contributed by atoms with Crippen molar-refractivity contribution in [3.05, 3.63) is 70.6 Å². The number of para-hydroxylation sites is 1. The van der Waals surface area contributed by atoms with Crippen LogP contribution in [0.5, 0.6) is 5.75 Å². The molecule has 3 aromatic rings. The predicted octanol–water partition coefficient (Wildman–Crippen LogP) is 5.87. The van der Waals surface area contributed by atoms with Gasteiger partial charge < -0.3 is 4.74 Å². The molecule has 0 aliphatic heterocycles. The minimum Gasteiger partial charge on any atom is -0.493 e. The Labute approximate surface area is 169 Å². The molecule has 2 aromatic carbocycles. The maximum atomic E-state index is 12.3. The summed E-state index contributed by atoms with van der Waals surface area (Å²) >= 11 is 1.48. The molecule has 1 aromatic heterocycles. The van der Waals surface area contributed by atoms with Crippen LogP contribution in [0.25, 0.3) is 17.3 Å². The Morgan fingerprint density at radius 3 is 2.64 bits per heavy atom. The average Bonchev–Trinajstić information content (AvgIpc) is 3.06. The van der Waals surface area contributed by atoms with Crippen molar-refractivity contribution < 1.29 is 9.53 Å². The van der Waals surface area contributed by atoms with Crippen LogP contribution in [-0.2, 0) is 4.79 Å². The zero-order chi connectivity index (χ0) is 19.9. The van der Waals surface area contributed by atoms with Crippen molar-refractivity contribution in [2.45, 2.75) is 27.2 Å². The molecule has 0 saturated heterocycles. The van der Waals surface area contributed by atoms with Gasteiger partial charge in [0, 0.05) is 22.1 Å². The van der Waals surface area contributed by atoms with E-state index >= 15 is 0 Å². The van der Waals surface area contributed by atoms with Gasteiger partial charge in [-0.05, 0) is 32.4 Å². The van der Waals surface area contributed by atoms with Gasteiger partial charge in [0.15, 0.2) is 5.13 Å². The molecule has 1 amide bonds. The predicted molar refractivity (Wildman–Crippen MR) is 117 cm³/mol. The third-order valence-electron chi connectivity index (χ3n) is 4.15. The van der Waals surface area contributed by atoms with Crippen LogP contribution in [0, 0.1) is 13.8 Å². The summed E-state index contributed by atoms with van der Waals surface area (Å²) in [5, 5.41) is 3.45. The Morgan fingerprint density at radius 2 is 1.89 bits per heavy atom. The van der Waals surface area contributed by atoms with Crippen molar-refractivity contribution in [1.29, 1.82) is 0 Å². The number of nitrogens with one attached hydrogen (secondary N) is 1. The number of amides is 1. The maximum Gasteiger partial charge on any atom is 0.250 e. The highest BCUT2D eigenvalue weighted by molar-refractivity contribution is 7.16. The van der Waals surface area contributed by atoms with Gasteiger partial charge in [0.05, 0.1) is 12.3 Å². The van der Waals surface area contributed by atoms with Gasteiger partial charge in [-0.1, -0.05) is 55.0 Å². The number of hydrogen-bond acceptors (Lipinski definition) is 4. The van der Waals surface area contributed by atoms with E-state index in [1.54, 1.807) is 6.08 Å². The van der Waals surface area contributed by atoms with Crippen LogP contribution < -0.4 is 10.1 Å². The first-order valence-electron chi connectivity index (χ1n) is 9.32. The van der Waals surface area contributed by atoms with Gasteiger partial charge in [-0.2, -0.15) is 0 Å². The Balaban J connectivity index is 1.70. The number of aryl methyl sites for hydroxylation is 2. The number of rotatable bonds is 7. The number of ether oxygens (including phenoxy) is 1. The molecular formula is C23H24N2O2S. The van der Waals surface area contributed by atoms with Gasteiger partial charge in [-0.15, -0.1) is 11.3 Å². The third-order valence-corrected chi connectivity index (χ3v) is 5.03. The van der Waals surface area contributed by atoms with Crippen LogP contribution in [-0.4, -0.2) is 17.5 Å². The largest absolute Gasteiger partial charge is 0.493 e. The van der Waals surface area contributed by atoms with Gasteiger partial charge in [-0.25, -0.2) is 4.98 Å². The zero-order valence-electron chi connectivity index (χ0n) is 16.4. The summed E-state index contributed by atoms with van der Waals surface area (Å²) in [4.78, 5) is 18.0. The van der Waals surface area contributed by atoms with Crippen molar-refractivity contribution in [2.24, 2.45) is 0 Å². The minimum atomic E-state index is -0.213. The van der Waals surface area contributed by atoms with Gasteiger partial charge in [0.2, 0.25) is 5.91 Å². The molecule has 0 saturated carbocycles. The number of nitrogens with zero attached hydrogens (tertiary/aromatic N) is 1. The third kappa shape index (κ3) is 5.08. The van der Waals surface area contributed by atoms with E-state index in [-0.39, 0.29) is 5.91 Å². The molecular weight excluding hydrogens is 368 g/mol. The minimum absolute atomic E-state index is 0.213. The topological polar surface area (TPSA) is 51.2 Å². The van der Waals surface area contributed by atoms with Gasteiger partial charge in [0.1, 0.15) is 5.75 Å². The molecule has 0 bridgehead atoms. The highest BCUT2D eigenvalue weighted by Gasteiger charge is 2.11. The summed E-state index contributed by atoms with van der Waals surface area (Å²) in [5.41, 5.74) is 4.04. The first-order valence-corrected chi connectivity index (χ1v) is 10.1. The maximum absolute atomic E-state index is 12.3. The van der Waals surface area contributed by atoms with Gasteiger partial charge >= 0.3 is 0 Å². The molecule has 5 heteroatoms.